The van der Waals surface area contributed by atoms with Crippen LogP contribution in [0.3, 0.4) is 0 Å². The molecule has 0 fully saturated rings. The Bertz CT molecular complexity index is 189. The second-order valence-corrected chi connectivity index (χ2v) is 4.03. The summed E-state index contributed by atoms with van der Waals surface area (Å²) < 4.78 is 16.0. The Hall–Kier alpha value is -0.650. The third kappa shape index (κ3) is 31.6. The Kier molecular flexibility index (Phi) is 34.0. The van der Waals surface area contributed by atoms with Crippen LogP contribution in [0.5, 0.6) is 0 Å². The average molecular weight is 322 g/mol. The maximum Gasteiger partial charge on any atom is 0.216 e. The molecule has 0 saturated carbocycles. The number of unbranched alkanes of at least 4 members (excludes halogenated alkanes) is 2. The number of hydrogen-bond acceptors (Lipinski definition) is 4. The summed E-state index contributed by atoms with van der Waals surface area (Å²) >= 11 is 0. The van der Waals surface area contributed by atoms with E-state index in [0.717, 1.165) is 13.0 Å². The van der Waals surface area contributed by atoms with Crippen LogP contribution >= 0.6 is 0 Å². The molecule has 0 rings (SSSR count). The number of amides is 1. The number of hydrogen-bond donors (Lipinski definition) is 1. The van der Waals surface area contributed by atoms with Gasteiger partial charge in [-0.15, -0.1) is 0 Å². The third-order valence-electron chi connectivity index (χ3n) is 2.26. The summed E-state index contributed by atoms with van der Waals surface area (Å²) in [4.78, 5) is 10.5. The molecule has 0 aliphatic heterocycles. The Labute approximate surface area is 138 Å². The van der Waals surface area contributed by atoms with Crippen molar-refractivity contribution in [2.75, 3.05) is 46.2 Å². The molecule has 0 aromatic carbocycles. The van der Waals surface area contributed by atoms with Crippen molar-refractivity contribution in [2.45, 2.75) is 60.8 Å². The molecule has 0 aromatic heterocycles. The van der Waals surface area contributed by atoms with Crippen LogP contribution in [0.1, 0.15) is 60.8 Å². The van der Waals surface area contributed by atoms with E-state index in [0.29, 0.717) is 39.6 Å². The zero-order valence-corrected chi connectivity index (χ0v) is 15.7. The molecule has 1 amide bonds. The van der Waals surface area contributed by atoms with Gasteiger partial charge >= 0.3 is 0 Å². The molecule has 5 heteroatoms. The lowest BCUT2D eigenvalue weighted by Gasteiger charge is -2.07. The lowest BCUT2D eigenvalue weighted by Crippen LogP contribution is -2.25. The van der Waals surface area contributed by atoms with E-state index in [4.69, 9.17) is 14.2 Å². The minimum Gasteiger partial charge on any atom is -0.379 e. The number of nitrogens with one attached hydrogen (secondary N) is 1. The van der Waals surface area contributed by atoms with Gasteiger partial charge in [-0.2, -0.15) is 0 Å². The van der Waals surface area contributed by atoms with Gasteiger partial charge in [-0.3, -0.25) is 4.79 Å². The van der Waals surface area contributed by atoms with Gasteiger partial charge in [-0.25, -0.2) is 0 Å². The predicted octanol–water partition coefficient (Wildman–Crippen LogP) is 3.41. The highest BCUT2D eigenvalue weighted by Crippen LogP contribution is 1.93. The van der Waals surface area contributed by atoms with Crippen LogP contribution in [-0.2, 0) is 19.0 Å². The van der Waals surface area contributed by atoms with Gasteiger partial charge in [0, 0.05) is 20.1 Å². The fraction of sp³-hybridized carbons (Fsp3) is 0.941. The van der Waals surface area contributed by atoms with E-state index in [9.17, 15) is 4.79 Å². The van der Waals surface area contributed by atoms with E-state index in [1.165, 1.54) is 19.8 Å². The van der Waals surface area contributed by atoms with Crippen LogP contribution in [-0.4, -0.2) is 52.1 Å². The quantitative estimate of drug-likeness (QED) is 0.528. The Morgan fingerprint density at radius 1 is 0.773 bits per heavy atom. The van der Waals surface area contributed by atoms with Gasteiger partial charge in [0.25, 0.3) is 0 Å². The Morgan fingerprint density at radius 3 is 1.68 bits per heavy atom. The van der Waals surface area contributed by atoms with Gasteiger partial charge < -0.3 is 19.5 Å². The highest BCUT2D eigenvalue weighted by Gasteiger charge is 1.93. The standard InChI is InChI=1S/C13H27NO4.2C2H6/c1-3-4-5-7-16-9-11-18-12-10-17-8-6-14-13(2)15;2*1-2/h3-12H2,1-2H3,(H,14,15);2*1-2H3. The number of ether oxygens (including phenoxy) is 3. The van der Waals surface area contributed by atoms with E-state index < -0.39 is 0 Å². The smallest absolute Gasteiger partial charge is 0.216 e. The van der Waals surface area contributed by atoms with E-state index in [1.54, 1.807) is 0 Å². The van der Waals surface area contributed by atoms with E-state index >= 15 is 0 Å². The first-order valence-electron chi connectivity index (χ1n) is 8.75. The maximum absolute atomic E-state index is 10.5. The Balaban J connectivity index is -0.000000826. The van der Waals surface area contributed by atoms with Gasteiger partial charge in [0.2, 0.25) is 5.91 Å². The van der Waals surface area contributed by atoms with Crippen molar-refractivity contribution in [2.24, 2.45) is 0 Å². The molecular weight excluding hydrogens is 282 g/mol. The number of carbonyl (C=O) groups excluding carboxylic acids is 1. The zero-order chi connectivity index (χ0) is 17.5. The van der Waals surface area contributed by atoms with Crippen molar-refractivity contribution in [3.05, 3.63) is 0 Å². The summed E-state index contributed by atoms with van der Waals surface area (Å²) in [6.45, 7) is 15.9. The van der Waals surface area contributed by atoms with Crippen LogP contribution < -0.4 is 5.32 Å². The Morgan fingerprint density at radius 2 is 1.23 bits per heavy atom. The fourth-order valence-corrected chi connectivity index (χ4v) is 1.30. The third-order valence-corrected chi connectivity index (χ3v) is 2.26. The second kappa shape index (κ2) is 28.5. The number of rotatable bonds is 13. The normalized spacial score (nSPS) is 9.18. The highest BCUT2D eigenvalue weighted by atomic mass is 16.5. The summed E-state index contributed by atoms with van der Waals surface area (Å²) in [6.07, 6.45) is 3.57. The predicted molar refractivity (Wildman–Crippen MR) is 93.4 cm³/mol. The first-order valence-corrected chi connectivity index (χ1v) is 8.75. The van der Waals surface area contributed by atoms with E-state index in [-0.39, 0.29) is 5.91 Å². The lowest BCUT2D eigenvalue weighted by molar-refractivity contribution is -0.119. The fourth-order valence-electron chi connectivity index (χ4n) is 1.30. The molecule has 22 heavy (non-hydrogen) atoms. The molecule has 0 spiro atoms. The van der Waals surface area contributed by atoms with Crippen molar-refractivity contribution < 1.29 is 19.0 Å². The molecule has 0 unspecified atom stereocenters. The summed E-state index contributed by atoms with van der Waals surface area (Å²) in [5.41, 5.74) is 0. The van der Waals surface area contributed by atoms with Crippen LogP contribution in [0.25, 0.3) is 0 Å². The van der Waals surface area contributed by atoms with Crippen molar-refractivity contribution >= 4 is 5.91 Å². The monoisotopic (exact) mass is 321 g/mol. The molecule has 136 valence electrons. The van der Waals surface area contributed by atoms with Gasteiger partial charge in [-0.1, -0.05) is 47.5 Å². The van der Waals surface area contributed by atoms with E-state index in [2.05, 4.69) is 12.2 Å². The molecule has 0 heterocycles. The molecule has 0 radical (unpaired) electrons. The number of carbonyl (C=O) groups is 1. The largest absolute Gasteiger partial charge is 0.379 e. The van der Waals surface area contributed by atoms with Crippen LogP contribution in [0.4, 0.5) is 0 Å². The van der Waals surface area contributed by atoms with Crippen LogP contribution in [0.2, 0.25) is 0 Å². The van der Waals surface area contributed by atoms with Crippen LogP contribution in [0, 0.1) is 0 Å². The first-order chi connectivity index (χ1) is 10.8. The van der Waals surface area contributed by atoms with Gasteiger partial charge in [-0.05, 0) is 6.42 Å². The van der Waals surface area contributed by atoms with Gasteiger partial charge in [0.1, 0.15) is 0 Å². The first kappa shape index (κ1) is 26.3. The van der Waals surface area contributed by atoms with Crippen molar-refractivity contribution in [1.82, 2.24) is 5.32 Å². The van der Waals surface area contributed by atoms with Crippen molar-refractivity contribution in [3.8, 4) is 0 Å². The summed E-state index contributed by atoms with van der Waals surface area (Å²) in [5, 5.41) is 2.66. The SMILES string of the molecule is CC.CC.CCCCCOCCOCCOCCNC(C)=O. The maximum atomic E-state index is 10.5. The molecule has 0 atom stereocenters. The van der Waals surface area contributed by atoms with Crippen molar-refractivity contribution in [3.63, 3.8) is 0 Å². The second-order valence-electron chi connectivity index (χ2n) is 4.03. The average Bonchev–Trinajstić information content (AvgIpc) is 2.55. The topological polar surface area (TPSA) is 56.8 Å². The van der Waals surface area contributed by atoms with E-state index in [1.807, 2.05) is 27.7 Å². The van der Waals surface area contributed by atoms with Crippen molar-refractivity contribution in [1.29, 1.82) is 0 Å². The molecule has 1 N–H and O–H groups in total. The molecule has 0 saturated heterocycles. The highest BCUT2D eigenvalue weighted by molar-refractivity contribution is 5.72. The molecule has 5 nitrogen and oxygen atoms in total. The van der Waals surface area contributed by atoms with Gasteiger partial charge in [0.15, 0.2) is 0 Å². The van der Waals surface area contributed by atoms with Crippen LogP contribution in [0.15, 0.2) is 0 Å². The molecule has 0 aromatic rings. The molecule has 0 bridgehead atoms. The molecular formula is C17H39NO4. The van der Waals surface area contributed by atoms with Gasteiger partial charge in [0.05, 0.1) is 33.0 Å². The zero-order valence-electron chi connectivity index (χ0n) is 15.7. The minimum absolute atomic E-state index is 0.0323. The summed E-state index contributed by atoms with van der Waals surface area (Å²) in [5.74, 6) is -0.0323. The summed E-state index contributed by atoms with van der Waals surface area (Å²) in [7, 11) is 0. The minimum atomic E-state index is -0.0323. The lowest BCUT2D eigenvalue weighted by atomic mass is 10.3. The molecule has 0 aliphatic rings. The summed E-state index contributed by atoms with van der Waals surface area (Å²) in [6, 6.07) is 0. The molecule has 0 aliphatic carbocycles.